The maximum absolute atomic E-state index is 10.8. The number of rotatable bonds is 0. The largest absolute Gasteiger partial charge is 0.389 e. The third-order valence-electron chi connectivity index (χ3n) is 8.63. The van der Waals surface area contributed by atoms with Crippen molar-refractivity contribution in [2.24, 2.45) is 40.4 Å². The van der Waals surface area contributed by atoms with Crippen LogP contribution in [0.2, 0.25) is 0 Å². The normalized spacial score (nSPS) is 59.5. The van der Waals surface area contributed by atoms with E-state index in [1.807, 2.05) is 0 Å². The Hall–Kier alpha value is -0.300. The summed E-state index contributed by atoms with van der Waals surface area (Å²) in [7, 11) is 0. The summed E-state index contributed by atoms with van der Waals surface area (Å²) >= 11 is 0. The maximum atomic E-state index is 10.8. The molecule has 1 nitrogen and oxygen atoms in total. The molecule has 0 bridgehead atoms. The van der Waals surface area contributed by atoms with Crippen molar-refractivity contribution in [1.29, 1.82) is 0 Å². The van der Waals surface area contributed by atoms with Crippen LogP contribution in [0.3, 0.4) is 0 Å². The van der Waals surface area contributed by atoms with E-state index in [4.69, 9.17) is 0 Å². The highest BCUT2D eigenvalue weighted by Gasteiger charge is 2.64. The number of aliphatic hydroxyl groups excluding tert-OH is 1. The lowest BCUT2D eigenvalue weighted by molar-refractivity contribution is -0.128. The van der Waals surface area contributed by atoms with Gasteiger partial charge in [-0.25, -0.2) is 0 Å². The molecule has 0 unspecified atom stereocenters. The minimum atomic E-state index is -0.244. The molecular formula is C20H32O. The van der Waals surface area contributed by atoms with Gasteiger partial charge in [0.1, 0.15) is 0 Å². The second kappa shape index (κ2) is 4.37. The van der Waals surface area contributed by atoms with Gasteiger partial charge < -0.3 is 5.11 Å². The van der Waals surface area contributed by atoms with E-state index in [1.165, 1.54) is 44.1 Å². The van der Waals surface area contributed by atoms with Gasteiger partial charge in [-0.15, -0.1) is 0 Å². The zero-order valence-electron chi connectivity index (χ0n) is 14.1. The molecule has 0 aromatic carbocycles. The van der Waals surface area contributed by atoms with Gasteiger partial charge in [-0.1, -0.05) is 33.8 Å². The van der Waals surface area contributed by atoms with E-state index in [9.17, 15) is 5.11 Å². The molecule has 0 aliphatic heterocycles. The molecule has 4 aliphatic rings. The summed E-state index contributed by atoms with van der Waals surface area (Å²) in [5, 5.41) is 10.8. The fourth-order valence-corrected chi connectivity index (χ4v) is 7.62. The Balaban J connectivity index is 1.88. The first-order chi connectivity index (χ1) is 9.88. The van der Waals surface area contributed by atoms with Crippen LogP contribution >= 0.6 is 0 Å². The molecule has 0 saturated heterocycles. The van der Waals surface area contributed by atoms with Gasteiger partial charge >= 0.3 is 0 Å². The van der Waals surface area contributed by atoms with Crippen molar-refractivity contribution in [3.05, 3.63) is 12.2 Å². The highest BCUT2D eigenvalue weighted by molar-refractivity contribution is 5.23. The lowest BCUT2D eigenvalue weighted by Crippen LogP contribution is -2.55. The molecule has 118 valence electrons. The molecule has 4 saturated carbocycles. The predicted octanol–water partition coefficient (Wildman–Crippen LogP) is 4.80. The van der Waals surface area contributed by atoms with Crippen molar-refractivity contribution in [2.45, 2.75) is 71.8 Å². The van der Waals surface area contributed by atoms with Crippen LogP contribution in [-0.2, 0) is 0 Å². The Morgan fingerprint density at radius 1 is 1.10 bits per heavy atom. The SMILES string of the molecule is C=C1[C@@H](O)C[C@H]2[C@@H](C)CC[C@@H]3CC[C@@]4(C)CC[C@@H]1[C@H]4[C@@]32C. The summed E-state index contributed by atoms with van der Waals surface area (Å²) in [6.07, 6.45) is 9.02. The molecule has 21 heavy (non-hydrogen) atoms. The van der Waals surface area contributed by atoms with Crippen molar-refractivity contribution in [2.75, 3.05) is 0 Å². The van der Waals surface area contributed by atoms with Crippen LogP contribution in [0.4, 0.5) is 0 Å². The zero-order valence-corrected chi connectivity index (χ0v) is 14.1. The van der Waals surface area contributed by atoms with Crippen LogP contribution in [0.25, 0.3) is 0 Å². The lowest BCUT2D eigenvalue weighted by Gasteiger charge is -2.61. The van der Waals surface area contributed by atoms with Gasteiger partial charge in [0, 0.05) is 0 Å². The van der Waals surface area contributed by atoms with Crippen LogP contribution < -0.4 is 0 Å². The Morgan fingerprint density at radius 3 is 2.57 bits per heavy atom. The van der Waals surface area contributed by atoms with Gasteiger partial charge in [-0.3, -0.25) is 0 Å². The number of hydrogen-bond acceptors (Lipinski definition) is 1. The topological polar surface area (TPSA) is 20.2 Å². The van der Waals surface area contributed by atoms with E-state index in [0.29, 0.717) is 22.7 Å². The summed E-state index contributed by atoms with van der Waals surface area (Å²) in [4.78, 5) is 0. The van der Waals surface area contributed by atoms with Crippen LogP contribution in [0.5, 0.6) is 0 Å². The van der Waals surface area contributed by atoms with Gasteiger partial charge in [-0.05, 0) is 84.5 Å². The highest BCUT2D eigenvalue weighted by Crippen LogP contribution is 2.71. The smallest absolute Gasteiger partial charge is 0.0753 e. The molecular weight excluding hydrogens is 256 g/mol. The summed E-state index contributed by atoms with van der Waals surface area (Å²) in [5.74, 6) is 3.75. The van der Waals surface area contributed by atoms with E-state index in [2.05, 4.69) is 27.4 Å². The Morgan fingerprint density at radius 2 is 1.81 bits per heavy atom. The fourth-order valence-electron chi connectivity index (χ4n) is 7.62. The number of aliphatic hydroxyl groups is 1. The van der Waals surface area contributed by atoms with E-state index < -0.39 is 0 Å². The Labute approximate surface area is 130 Å². The summed E-state index contributed by atoms with van der Waals surface area (Å²) in [5.41, 5.74) is 2.15. The number of hydrogen-bond donors (Lipinski definition) is 1. The zero-order chi connectivity index (χ0) is 15.0. The molecule has 0 radical (unpaired) electrons. The maximum Gasteiger partial charge on any atom is 0.0753 e. The van der Waals surface area contributed by atoms with Crippen LogP contribution in [0, 0.1) is 40.4 Å². The molecule has 4 aliphatic carbocycles. The minimum Gasteiger partial charge on any atom is -0.389 e. The third kappa shape index (κ3) is 1.68. The molecule has 0 amide bonds. The summed E-state index contributed by atoms with van der Waals surface area (Å²) in [6.45, 7) is 12.0. The van der Waals surface area contributed by atoms with Crippen LogP contribution in [0.1, 0.15) is 65.7 Å². The van der Waals surface area contributed by atoms with E-state index >= 15 is 0 Å². The second-order valence-electron chi connectivity index (χ2n) is 9.37. The first kappa shape index (κ1) is 14.3. The Bertz CT molecular complexity index is 468. The average Bonchev–Trinajstić information content (AvgIpc) is 2.76. The van der Waals surface area contributed by atoms with Crippen molar-refractivity contribution < 1.29 is 5.11 Å². The van der Waals surface area contributed by atoms with Crippen LogP contribution in [-0.4, -0.2) is 11.2 Å². The standard InChI is InChI=1S/C20H32O/c1-12-5-6-14-7-9-19(3)10-8-15-13(2)17(21)11-16(12)20(14,4)18(15)19/h12,14-18,21H,2,5-11H2,1,3-4H3/t12-,14+,15-,16-,17-,18+,19-,20-/m0/s1. The predicted molar refractivity (Wildman–Crippen MR) is 86.8 cm³/mol. The van der Waals surface area contributed by atoms with Crippen molar-refractivity contribution in [1.82, 2.24) is 0 Å². The first-order valence-corrected chi connectivity index (χ1v) is 9.24. The first-order valence-electron chi connectivity index (χ1n) is 9.24. The van der Waals surface area contributed by atoms with Crippen molar-refractivity contribution >= 4 is 0 Å². The van der Waals surface area contributed by atoms with E-state index in [0.717, 1.165) is 24.2 Å². The molecule has 1 N–H and O–H groups in total. The molecule has 0 aromatic heterocycles. The minimum absolute atomic E-state index is 0.244. The average molecular weight is 288 g/mol. The molecule has 4 rings (SSSR count). The van der Waals surface area contributed by atoms with Crippen molar-refractivity contribution in [3.8, 4) is 0 Å². The Kier molecular flexibility index (Phi) is 2.98. The van der Waals surface area contributed by atoms with E-state index in [-0.39, 0.29) is 6.10 Å². The summed E-state index contributed by atoms with van der Waals surface area (Å²) < 4.78 is 0. The third-order valence-corrected chi connectivity index (χ3v) is 8.63. The monoisotopic (exact) mass is 288 g/mol. The van der Waals surface area contributed by atoms with Gasteiger partial charge in [0.05, 0.1) is 6.10 Å². The quantitative estimate of drug-likeness (QED) is 0.635. The molecule has 4 fully saturated rings. The highest BCUT2D eigenvalue weighted by atomic mass is 16.3. The van der Waals surface area contributed by atoms with Gasteiger partial charge in [-0.2, -0.15) is 0 Å². The van der Waals surface area contributed by atoms with Gasteiger partial charge in [0.2, 0.25) is 0 Å². The molecule has 8 atom stereocenters. The van der Waals surface area contributed by atoms with Crippen molar-refractivity contribution in [3.63, 3.8) is 0 Å². The fraction of sp³-hybridized carbons (Fsp3) is 0.900. The molecule has 0 heterocycles. The molecule has 0 spiro atoms. The van der Waals surface area contributed by atoms with Gasteiger partial charge in [0.25, 0.3) is 0 Å². The van der Waals surface area contributed by atoms with Gasteiger partial charge in [0.15, 0.2) is 0 Å². The molecule has 1 heteroatoms. The molecule has 0 aromatic rings. The summed E-state index contributed by atoms with van der Waals surface area (Å²) in [6, 6.07) is 0. The lowest BCUT2D eigenvalue weighted by atomic mass is 9.43. The second-order valence-corrected chi connectivity index (χ2v) is 9.37. The van der Waals surface area contributed by atoms with E-state index in [1.54, 1.807) is 0 Å². The van der Waals surface area contributed by atoms with Crippen LogP contribution in [0.15, 0.2) is 12.2 Å².